The van der Waals surface area contributed by atoms with Gasteiger partial charge in [-0.25, -0.2) is 22.7 Å². The molecule has 0 saturated carbocycles. The van der Waals surface area contributed by atoms with Gasteiger partial charge in [-0.3, -0.25) is 4.98 Å². The molecule has 5 rings (SSSR count). The van der Waals surface area contributed by atoms with E-state index in [1.807, 2.05) is 26.8 Å². The second kappa shape index (κ2) is 10.2. The van der Waals surface area contributed by atoms with E-state index in [0.29, 0.717) is 11.1 Å². The maximum absolute atomic E-state index is 14.2. The monoisotopic (exact) mass is 535 g/mol. The fourth-order valence-electron chi connectivity index (χ4n) is 4.56. The highest BCUT2D eigenvalue weighted by Gasteiger charge is 2.31. The quantitative estimate of drug-likeness (QED) is 0.261. The highest BCUT2D eigenvalue weighted by atomic mass is 32.2. The Labute approximate surface area is 227 Å². The van der Waals surface area contributed by atoms with Gasteiger partial charge in [0.2, 0.25) is 0 Å². The third kappa shape index (κ3) is 4.67. The van der Waals surface area contributed by atoms with Gasteiger partial charge in [0.25, 0.3) is 10.0 Å². The van der Waals surface area contributed by atoms with E-state index in [1.54, 1.807) is 36.7 Å². The molecular weight excluding hydrogens is 510 g/mol. The summed E-state index contributed by atoms with van der Waals surface area (Å²) in [7, 11) is -2.75. The molecule has 8 nitrogen and oxygen atoms in total. The molecule has 3 aromatic carbocycles. The van der Waals surface area contributed by atoms with Crippen molar-refractivity contribution in [3.63, 3.8) is 0 Å². The molecule has 0 bridgehead atoms. The van der Waals surface area contributed by atoms with Gasteiger partial charge in [0.1, 0.15) is 17.8 Å². The number of benzene rings is 3. The third-order valence-corrected chi connectivity index (χ3v) is 8.43. The fourth-order valence-corrected chi connectivity index (χ4v) is 6.05. The molecule has 0 aliphatic carbocycles. The number of nitriles is 1. The van der Waals surface area contributed by atoms with Gasteiger partial charge in [0.15, 0.2) is 5.82 Å². The largest absolute Gasteiger partial charge is 0.495 e. The van der Waals surface area contributed by atoms with Crippen LogP contribution in [0, 0.1) is 32.1 Å². The lowest BCUT2D eigenvalue weighted by molar-refractivity contribution is 0.416. The molecule has 0 aliphatic rings. The van der Waals surface area contributed by atoms with Crippen molar-refractivity contribution in [3.05, 3.63) is 102 Å². The predicted molar refractivity (Wildman–Crippen MR) is 150 cm³/mol. The summed E-state index contributed by atoms with van der Waals surface area (Å²) in [4.78, 5) is 12.3. The molecule has 0 radical (unpaired) electrons. The molecular formula is C30H25N5O3S. The van der Waals surface area contributed by atoms with Gasteiger partial charge in [-0.05, 0) is 78.7 Å². The topological polar surface area (TPSA) is 109 Å². The number of ether oxygens (including phenoxy) is 1. The van der Waals surface area contributed by atoms with Gasteiger partial charge in [-0.2, -0.15) is 5.26 Å². The van der Waals surface area contributed by atoms with Gasteiger partial charge < -0.3 is 4.74 Å². The molecule has 9 heteroatoms. The molecule has 0 spiro atoms. The van der Waals surface area contributed by atoms with E-state index in [9.17, 15) is 13.7 Å². The van der Waals surface area contributed by atoms with Crippen LogP contribution in [0.2, 0.25) is 0 Å². The van der Waals surface area contributed by atoms with E-state index in [4.69, 9.17) is 4.74 Å². The molecule has 0 atom stereocenters. The van der Waals surface area contributed by atoms with Crippen LogP contribution >= 0.6 is 0 Å². The minimum Gasteiger partial charge on any atom is -0.495 e. The first-order chi connectivity index (χ1) is 18.7. The first-order valence-corrected chi connectivity index (χ1v) is 13.5. The summed E-state index contributed by atoms with van der Waals surface area (Å²) in [5.74, 6) is 0.380. The Hall–Kier alpha value is -4.81. The molecule has 0 fully saturated rings. The average molecular weight is 536 g/mol. The molecule has 0 amide bonds. The van der Waals surface area contributed by atoms with E-state index in [0.717, 1.165) is 37.3 Å². The number of aromatic nitrogens is 3. The minimum atomic E-state index is -4.22. The Morgan fingerprint density at radius 2 is 1.62 bits per heavy atom. The first-order valence-electron chi connectivity index (χ1n) is 12.1. The van der Waals surface area contributed by atoms with E-state index >= 15 is 0 Å². The van der Waals surface area contributed by atoms with Crippen LogP contribution in [-0.4, -0.2) is 30.5 Å². The first kappa shape index (κ1) is 25.8. The second-order valence-electron chi connectivity index (χ2n) is 9.15. The Kier molecular flexibility index (Phi) is 6.73. The van der Waals surface area contributed by atoms with E-state index in [-0.39, 0.29) is 22.2 Å². The van der Waals surface area contributed by atoms with Crippen molar-refractivity contribution in [2.45, 2.75) is 25.7 Å². The Balaban J connectivity index is 1.77. The predicted octanol–water partition coefficient (Wildman–Crippen LogP) is 6.02. The van der Waals surface area contributed by atoms with Crippen LogP contribution in [0.5, 0.6) is 5.75 Å². The Bertz CT molecular complexity index is 1870. The lowest BCUT2D eigenvalue weighted by atomic mass is 9.92. The maximum atomic E-state index is 14.2. The van der Waals surface area contributed by atoms with Crippen molar-refractivity contribution in [1.82, 2.24) is 15.0 Å². The number of hydrogen-bond acceptors (Lipinski definition) is 7. The van der Waals surface area contributed by atoms with E-state index in [1.165, 1.54) is 37.8 Å². The van der Waals surface area contributed by atoms with Crippen molar-refractivity contribution in [2.75, 3.05) is 11.4 Å². The lowest BCUT2D eigenvalue weighted by Crippen LogP contribution is -2.27. The van der Waals surface area contributed by atoms with Gasteiger partial charge in [0, 0.05) is 35.6 Å². The van der Waals surface area contributed by atoms with E-state index < -0.39 is 10.0 Å². The van der Waals surface area contributed by atoms with Gasteiger partial charge in [-0.1, -0.05) is 18.2 Å². The van der Waals surface area contributed by atoms with Crippen LogP contribution in [0.3, 0.4) is 0 Å². The molecule has 0 aliphatic heterocycles. The van der Waals surface area contributed by atoms with Crippen molar-refractivity contribution in [3.8, 4) is 22.9 Å². The van der Waals surface area contributed by atoms with Crippen LogP contribution in [0.4, 0.5) is 11.5 Å². The minimum absolute atomic E-state index is 0.0504. The van der Waals surface area contributed by atoms with Crippen LogP contribution in [0.1, 0.15) is 22.3 Å². The zero-order valence-corrected chi connectivity index (χ0v) is 22.7. The van der Waals surface area contributed by atoms with Gasteiger partial charge in [-0.15, -0.1) is 0 Å². The van der Waals surface area contributed by atoms with Crippen molar-refractivity contribution >= 4 is 32.3 Å². The molecule has 194 valence electrons. The second-order valence-corrected chi connectivity index (χ2v) is 10.9. The fraction of sp³-hybridized carbons (Fsp3) is 0.133. The normalized spacial score (nSPS) is 11.3. The van der Waals surface area contributed by atoms with Crippen molar-refractivity contribution < 1.29 is 13.2 Å². The van der Waals surface area contributed by atoms with Gasteiger partial charge in [0.05, 0.1) is 23.6 Å². The smallest absolute Gasteiger partial charge is 0.270 e. The number of aryl methyl sites for hydroxylation is 3. The number of hydrogen-bond donors (Lipinski definition) is 0. The lowest BCUT2D eigenvalue weighted by Gasteiger charge is -2.26. The maximum Gasteiger partial charge on any atom is 0.270 e. The van der Waals surface area contributed by atoms with Crippen LogP contribution in [0.25, 0.3) is 21.9 Å². The number of nitrogens with zero attached hydrogens (tertiary/aromatic N) is 5. The van der Waals surface area contributed by atoms with Gasteiger partial charge >= 0.3 is 0 Å². The molecule has 0 unspecified atom stereocenters. The number of rotatable bonds is 6. The summed E-state index contributed by atoms with van der Waals surface area (Å²) < 4.78 is 35.3. The van der Waals surface area contributed by atoms with Crippen LogP contribution in [0.15, 0.2) is 84.4 Å². The molecule has 5 aromatic rings. The summed E-state index contributed by atoms with van der Waals surface area (Å²) >= 11 is 0. The Morgan fingerprint density at radius 1 is 0.846 bits per heavy atom. The standard InChI is InChI=1S/C30H25N5O3S/c1-19-11-21(3)26(12-20(19)2)27-15-29(38-4)28(14-24(27)16-31)35(30-8-10-33-18-34-30)39(36,37)25-6-5-23-17-32-9-7-22(23)13-25/h5-15,17-18H,1-4H3. The molecule has 39 heavy (non-hydrogen) atoms. The molecule has 0 N–H and O–H groups in total. The highest BCUT2D eigenvalue weighted by molar-refractivity contribution is 7.93. The van der Waals surface area contributed by atoms with Crippen LogP contribution in [-0.2, 0) is 10.0 Å². The Morgan fingerprint density at radius 3 is 2.33 bits per heavy atom. The summed E-state index contributed by atoms with van der Waals surface area (Å²) in [6.45, 7) is 6.03. The van der Waals surface area contributed by atoms with Crippen LogP contribution < -0.4 is 9.04 Å². The summed E-state index contributed by atoms with van der Waals surface area (Å²) in [6, 6.07) is 17.7. The summed E-state index contributed by atoms with van der Waals surface area (Å²) in [5, 5.41) is 11.7. The summed E-state index contributed by atoms with van der Waals surface area (Å²) in [5.41, 5.74) is 5.21. The number of fused-ring (bicyclic) bond motifs is 1. The highest BCUT2D eigenvalue weighted by Crippen LogP contribution is 2.42. The molecule has 2 aromatic heterocycles. The zero-order chi connectivity index (χ0) is 27.7. The van der Waals surface area contributed by atoms with E-state index in [2.05, 4.69) is 27.1 Å². The third-order valence-electron chi connectivity index (χ3n) is 6.71. The number of anilines is 2. The SMILES string of the molecule is COc1cc(-c2cc(C)c(C)cc2C)c(C#N)cc1N(c1ccncn1)S(=O)(=O)c1ccc2cnccc2c1. The average Bonchev–Trinajstić information content (AvgIpc) is 2.95. The van der Waals surface area contributed by atoms with Crippen molar-refractivity contribution in [1.29, 1.82) is 5.26 Å². The number of pyridine rings is 1. The summed E-state index contributed by atoms with van der Waals surface area (Å²) in [6.07, 6.45) is 6.01. The number of sulfonamides is 1. The number of methoxy groups -OCH3 is 1. The molecule has 2 heterocycles. The molecule has 0 saturated heterocycles. The van der Waals surface area contributed by atoms with Crippen molar-refractivity contribution in [2.24, 2.45) is 0 Å². The zero-order valence-electron chi connectivity index (χ0n) is 21.9.